The minimum absolute atomic E-state index is 0.0989. The van der Waals surface area contributed by atoms with Gasteiger partial charge in [0.05, 0.1) is 18.8 Å². The molecule has 3 aromatic carbocycles. The summed E-state index contributed by atoms with van der Waals surface area (Å²) in [6, 6.07) is 16.8. The molecule has 7 nitrogen and oxygen atoms in total. The monoisotopic (exact) mass is 503 g/mol. The van der Waals surface area contributed by atoms with E-state index in [2.05, 4.69) is 5.92 Å². The van der Waals surface area contributed by atoms with E-state index >= 15 is 0 Å². The van der Waals surface area contributed by atoms with Crippen LogP contribution in [0.1, 0.15) is 27.0 Å². The van der Waals surface area contributed by atoms with Crippen LogP contribution in [0.15, 0.2) is 60.2 Å². The molecule has 186 valence electrons. The molecule has 2 aliphatic carbocycles. The summed E-state index contributed by atoms with van der Waals surface area (Å²) in [6.45, 7) is 1.55. The molecule has 2 aliphatic heterocycles. The normalized spacial score (nSPS) is 20.1. The van der Waals surface area contributed by atoms with E-state index in [1.54, 1.807) is 23.1 Å². The van der Waals surface area contributed by atoms with Crippen molar-refractivity contribution < 1.29 is 28.6 Å². The summed E-state index contributed by atoms with van der Waals surface area (Å²) < 4.78 is 16.8. The lowest BCUT2D eigenvalue weighted by atomic mass is 9.92. The number of cyclic esters (lactones) is 1. The van der Waals surface area contributed by atoms with E-state index < -0.39 is 17.9 Å². The maximum atomic E-state index is 14.3. The molecule has 1 fully saturated rings. The fraction of sp³-hybridized carbons (Fsp3) is 0.194. The molecule has 0 aromatic heterocycles. The predicted octanol–water partition coefficient (Wildman–Crippen LogP) is 3.51. The van der Waals surface area contributed by atoms with Crippen LogP contribution in [-0.2, 0) is 19.1 Å². The van der Waals surface area contributed by atoms with E-state index in [9.17, 15) is 14.4 Å². The van der Waals surface area contributed by atoms with Crippen molar-refractivity contribution in [3.63, 3.8) is 0 Å². The van der Waals surface area contributed by atoms with Gasteiger partial charge in [-0.1, -0.05) is 54.5 Å². The van der Waals surface area contributed by atoms with Gasteiger partial charge in [0.25, 0.3) is 5.91 Å². The lowest BCUT2D eigenvalue weighted by molar-refractivity contribution is -0.132. The van der Waals surface area contributed by atoms with Crippen molar-refractivity contribution in [1.82, 2.24) is 4.90 Å². The minimum atomic E-state index is -0.811. The second-order valence-electron chi connectivity index (χ2n) is 9.50. The third kappa shape index (κ3) is 3.11. The molecule has 3 aromatic rings. The number of fused-ring (bicyclic) bond motifs is 4. The molecule has 4 aliphatic rings. The number of Topliss-reactive ketones (excluding diaryl/α,β-unsaturated/α-hetero) is 1. The molecule has 7 rings (SSSR count). The van der Waals surface area contributed by atoms with E-state index in [-0.39, 0.29) is 29.4 Å². The van der Waals surface area contributed by atoms with Crippen LogP contribution in [0.3, 0.4) is 0 Å². The molecular formula is C31H21NO6. The predicted molar refractivity (Wildman–Crippen MR) is 140 cm³/mol. The highest BCUT2D eigenvalue weighted by Crippen LogP contribution is 2.56. The van der Waals surface area contributed by atoms with Crippen LogP contribution in [0.2, 0.25) is 0 Å². The minimum Gasteiger partial charge on any atom is -0.473 e. The molecule has 1 atom stereocenters. The number of ketones is 1. The highest BCUT2D eigenvalue weighted by Gasteiger charge is 2.45. The fourth-order valence-corrected chi connectivity index (χ4v) is 5.79. The molecular weight excluding hydrogens is 482 g/mol. The van der Waals surface area contributed by atoms with Crippen molar-refractivity contribution in [2.75, 3.05) is 32.9 Å². The lowest BCUT2D eigenvalue weighted by Gasteiger charge is -2.27. The van der Waals surface area contributed by atoms with Gasteiger partial charge in [-0.3, -0.25) is 9.59 Å². The van der Waals surface area contributed by atoms with Crippen LogP contribution in [-0.4, -0.2) is 61.6 Å². The molecule has 0 saturated carbocycles. The summed E-state index contributed by atoms with van der Waals surface area (Å²) in [6.07, 6.45) is 4.82. The summed E-state index contributed by atoms with van der Waals surface area (Å²) >= 11 is 0. The molecule has 1 amide bonds. The van der Waals surface area contributed by atoms with E-state index in [4.69, 9.17) is 20.6 Å². The summed E-state index contributed by atoms with van der Waals surface area (Å²) in [4.78, 5) is 42.7. The van der Waals surface area contributed by atoms with Crippen LogP contribution < -0.4 is 4.74 Å². The number of benzene rings is 3. The Kier molecular flexibility index (Phi) is 5.00. The molecule has 0 spiro atoms. The number of rotatable bonds is 2. The van der Waals surface area contributed by atoms with Gasteiger partial charge in [0.2, 0.25) is 5.78 Å². The zero-order chi connectivity index (χ0) is 26.0. The second kappa shape index (κ2) is 8.44. The van der Waals surface area contributed by atoms with Crippen molar-refractivity contribution in [3.8, 4) is 18.1 Å². The average Bonchev–Trinajstić information content (AvgIpc) is 3.36. The number of nitrogens with zero attached hydrogens (tertiary/aromatic N) is 1. The van der Waals surface area contributed by atoms with Crippen LogP contribution >= 0.6 is 0 Å². The Morgan fingerprint density at radius 1 is 0.868 bits per heavy atom. The van der Waals surface area contributed by atoms with Gasteiger partial charge >= 0.3 is 5.97 Å². The first-order valence-electron chi connectivity index (χ1n) is 12.4. The number of hydrogen-bond donors (Lipinski definition) is 0. The summed E-state index contributed by atoms with van der Waals surface area (Å²) in [5.41, 5.74) is 4.05. The first kappa shape index (κ1) is 22.5. The largest absolute Gasteiger partial charge is 0.473 e. The maximum absolute atomic E-state index is 14.3. The van der Waals surface area contributed by atoms with Crippen LogP contribution in [0.5, 0.6) is 5.75 Å². The van der Waals surface area contributed by atoms with Crippen molar-refractivity contribution in [2.45, 2.75) is 6.10 Å². The summed E-state index contributed by atoms with van der Waals surface area (Å²) in [5.74, 6) is 1.39. The number of morpholine rings is 1. The number of amides is 1. The Morgan fingerprint density at radius 3 is 2.26 bits per heavy atom. The smallest absolute Gasteiger partial charge is 0.342 e. The van der Waals surface area contributed by atoms with Gasteiger partial charge in [-0.15, -0.1) is 6.42 Å². The number of carbonyl (C=O) groups excluding carboxylic acids is 3. The van der Waals surface area contributed by atoms with Gasteiger partial charge < -0.3 is 19.1 Å². The third-order valence-electron chi connectivity index (χ3n) is 7.48. The van der Waals surface area contributed by atoms with Gasteiger partial charge in [-0.2, -0.15) is 0 Å². The molecule has 0 bridgehead atoms. The summed E-state index contributed by atoms with van der Waals surface area (Å²) in [5, 5.41) is 2.00. The molecule has 7 heteroatoms. The summed E-state index contributed by atoms with van der Waals surface area (Å²) in [7, 11) is 0. The van der Waals surface area contributed by atoms with E-state index in [0.29, 0.717) is 48.6 Å². The lowest BCUT2D eigenvalue weighted by Crippen LogP contribution is -2.42. The Hall–Kier alpha value is -4.67. The first-order chi connectivity index (χ1) is 18.6. The quantitative estimate of drug-likeness (QED) is 0.303. The zero-order valence-electron chi connectivity index (χ0n) is 20.3. The maximum Gasteiger partial charge on any atom is 0.342 e. The Morgan fingerprint density at radius 2 is 1.53 bits per heavy atom. The van der Waals surface area contributed by atoms with Gasteiger partial charge in [-0.05, 0) is 28.0 Å². The van der Waals surface area contributed by atoms with Crippen molar-refractivity contribution in [1.29, 1.82) is 0 Å². The van der Waals surface area contributed by atoms with Gasteiger partial charge in [0.1, 0.15) is 17.9 Å². The van der Waals surface area contributed by atoms with E-state index in [0.717, 1.165) is 21.9 Å². The molecule has 2 heterocycles. The van der Waals surface area contributed by atoms with Crippen molar-refractivity contribution in [2.24, 2.45) is 0 Å². The zero-order valence-corrected chi connectivity index (χ0v) is 20.3. The van der Waals surface area contributed by atoms with Crippen molar-refractivity contribution in [3.05, 3.63) is 82.4 Å². The number of ether oxygens (including phenoxy) is 3. The highest BCUT2D eigenvalue weighted by atomic mass is 16.6. The molecule has 38 heavy (non-hydrogen) atoms. The third-order valence-corrected chi connectivity index (χ3v) is 7.48. The second-order valence-corrected chi connectivity index (χ2v) is 9.50. The van der Waals surface area contributed by atoms with Gasteiger partial charge in [0, 0.05) is 35.4 Å². The van der Waals surface area contributed by atoms with Crippen LogP contribution in [0.25, 0.3) is 27.5 Å². The Bertz CT molecular complexity index is 1690. The fourth-order valence-electron chi connectivity index (χ4n) is 5.79. The van der Waals surface area contributed by atoms with Crippen LogP contribution in [0, 0.1) is 12.3 Å². The number of hydrogen-bond acceptors (Lipinski definition) is 6. The topological polar surface area (TPSA) is 82.1 Å². The highest BCUT2D eigenvalue weighted by molar-refractivity contribution is 6.56. The number of carbonyl (C=O) groups is 3. The standard InChI is InChI=1S/C31H21NO6/c1-2-18-16-37-31(35)22-11-5-10-21(29(22)38-18)26-24-19-8-3-6-17-7-4-9-20(23(17)19)25(24)27(28(26)33)30(34)32-12-14-36-15-13-32/h1,3-11,18H,12-16H2. The SMILES string of the molecule is C#CC1COC(=O)c2cccc(C3=C4C(=C(C(=O)N5CCOCC5)C3=O)c3cccc5cccc4c35)c2O1. The van der Waals surface area contributed by atoms with Gasteiger partial charge in [0.15, 0.2) is 6.10 Å². The molecule has 0 N–H and O–H groups in total. The number of allylic oxidation sites excluding steroid dienone is 3. The molecule has 0 radical (unpaired) electrons. The van der Waals surface area contributed by atoms with Gasteiger partial charge in [-0.25, -0.2) is 4.79 Å². The first-order valence-corrected chi connectivity index (χ1v) is 12.4. The number of terminal acetylenes is 1. The van der Waals surface area contributed by atoms with E-state index in [1.165, 1.54) is 0 Å². The van der Waals surface area contributed by atoms with E-state index in [1.807, 2.05) is 36.4 Å². The Labute approximate surface area is 218 Å². The average molecular weight is 504 g/mol. The Balaban J connectivity index is 1.51. The van der Waals surface area contributed by atoms with Crippen LogP contribution in [0.4, 0.5) is 0 Å². The molecule has 1 unspecified atom stereocenters. The van der Waals surface area contributed by atoms with Crippen molar-refractivity contribution >= 4 is 45.2 Å². The number of para-hydroxylation sites is 1. The number of esters is 1. The molecule has 1 saturated heterocycles.